The van der Waals surface area contributed by atoms with E-state index >= 15 is 0 Å². The minimum atomic E-state index is 0.363. The maximum Gasteiger partial charge on any atom is 0.190 e. The van der Waals surface area contributed by atoms with E-state index in [1.807, 2.05) is 0 Å². The highest BCUT2D eigenvalue weighted by atomic mass is 32.2. The number of carbonyl (C=O) groups is 1. The van der Waals surface area contributed by atoms with Crippen LogP contribution in [0.4, 0.5) is 0 Å². The van der Waals surface area contributed by atoms with E-state index in [9.17, 15) is 4.79 Å². The van der Waals surface area contributed by atoms with Crippen molar-refractivity contribution in [2.24, 2.45) is 0 Å². The Morgan fingerprint density at radius 3 is 2.55 bits per heavy atom. The quantitative estimate of drug-likeness (QED) is 0.648. The van der Waals surface area contributed by atoms with Gasteiger partial charge in [-0.3, -0.25) is 9.69 Å². The maximum atomic E-state index is 10.9. The van der Waals surface area contributed by atoms with Crippen molar-refractivity contribution in [3.8, 4) is 0 Å². The summed E-state index contributed by atoms with van der Waals surface area (Å²) in [5.74, 6) is 0. The van der Waals surface area contributed by atoms with E-state index in [2.05, 4.69) is 18.7 Å². The first-order valence-corrected chi connectivity index (χ1v) is 5.09. The van der Waals surface area contributed by atoms with E-state index in [0.717, 1.165) is 25.9 Å². The van der Waals surface area contributed by atoms with Gasteiger partial charge in [-0.05, 0) is 19.5 Å². The molecule has 1 unspecified atom stereocenters. The zero-order valence-corrected chi connectivity index (χ0v) is 7.99. The van der Waals surface area contributed by atoms with E-state index in [-0.39, 0.29) is 0 Å². The number of carbonyl (C=O) groups excluding carboxylic acids is 1. The van der Waals surface area contributed by atoms with Gasteiger partial charge in [0.05, 0.1) is 5.37 Å². The smallest absolute Gasteiger partial charge is 0.190 e. The first-order chi connectivity index (χ1) is 5.27. The Labute approximate surface area is 72.3 Å². The molecule has 3 heteroatoms. The average Bonchev–Trinajstić information content (AvgIpc) is 2.39. The number of hydrogen-bond acceptors (Lipinski definition) is 3. The van der Waals surface area contributed by atoms with Gasteiger partial charge in [-0.2, -0.15) is 0 Å². The molecular formula is C8H15NOS. The van der Waals surface area contributed by atoms with Crippen LogP contribution >= 0.6 is 11.8 Å². The standard InChI is InChI=1S/C8H15NOS/c1-3-9(4-2)7-5-6-8(10)11-7/h7H,3-6H2,1-2H3. The second kappa shape index (κ2) is 4.12. The molecule has 11 heavy (non-hydrogen) atoms. The van der Waals surface area contributed by atoms with Crippen molar-refractivity contribution >= 4 is 16.9 Å². The van der Waals surface area contributed by atoms with Crippen LogP contribution in [-0.2, 0) is 4.79 Å². The van der Waals surface area contributed by atoms with Gasteiger partial charge in [0.25, 0.3) is 0 Å². The fraction of sp³-hybridized carbons (Fsp3) is 0.875. The molecule has 1 aliphatic heterocycles. The Bertz CT molecular complexity index is 145. The third-order valence-electron chi connectivity index (χ3n) is 2.08. The highest BCUT2D eigenvalue weighted by Gasteiger charge is 2.26. The summed E-state index contributed by atoms with van der Waals surface area (Å²) in [5.41, 5.74) is 0. The molecule has 2 nitrogen and oxygen atoms in total. The summed E-state index contributed by atoms with van der Waals surface area (Å²) in [6.45, 7) is 6.41. The van der Waals surface area contributed by atoms with Gasteiger partial charge in [-0.15, -0.1) is 0 Å². The Kier molecular flexibility index (Phi) is 3.40. The zero-order chi connectivity index (χ0) is 8.27. The van der Waals surface area contributed by atoms with Crippen molar-refractivity contribution in [1.82, 2.24) is 4.90 Å². The molecule has 0 aromatic heterocycles. The fourth-order valence-corrected chi connectivity index (χ4v) is 2.62. The minimum absolute atomic E-state index is 0.363. The molecule has 64 valence electrons. The van der Waals surface area contributed by atoms with Crippen LogP contribution in [0.1, 0.15) is 26.7 Å². The second-order valence-electron chi connectivity index (χ2n) is 2.70. The molecular weight excluding hydrogens is 158 g/mol. The molecule has 1 saturated heterocycles. The van der Waals surface area contributed by atoms with Crippen LogP contribution in [0.25, 0.3) is 0 Å². The third kappa shape index (κ3) is 2.20. The van der Waals surface area contributed by atoms with Gasteiger partial charge in [0, 0.05) is 6.42 Å². The van der Waals surface area contributed by atoms with Crippen molar-refractivity contribution in [2.45, 2.75) is 32.1 Å². The van der Waals surface area contributed by atoms with Gasteiger partial charge in [0.1, 0.15) is 0 Å². The summed E-state index contributed by atoms with van der Waals surface area (Å²) in [6, 6.07) is 0. The summed E-state index contributed by atoms with van der Waals surface area (Å²) in [4.78, 5) is 13.3. The Morgan fingerprint density at radius 1 is 1.55 bits per heavy atom. The minimum Gasteiger partial charge on any atom is -0.292 e. The van der Waals surface area contributed by atoms with Gasteiger partial charge in [0.15, 0.2) is 5.12 Å². The summed E-state index contributed by atoms with van der Waals surface area (Å²) >= 11 is 1.51. The van der Waals surface area contributed by atoms with Crippen molar-refractivity contribution in [1.29, 1.82) is 0 Å². The topological polar surface area (TPSA) is 20.3 Å². The highest BCUT2D eigenvalue weighted by Crippen LogP contribution is 2.30. The first kappa shape index (κ1) is 9.07. The molecule has 1 aliphatic rings. The van der Waals surface area contributed by atoms with Crippen LogP contribution in [0.15, 0.2) is 0 Å². The highest BCUT2D eigenvalue weighted by molar-refractivity contribution is 8.14. The zero-order valence-electron chi connectivity index (χ0n) is 7.17. The van der Waals surface area contributed by atoms with E-state index in [1.54, 1.807) is 0 Å². The van der Waals surface area contributed by atoms with Crippen LogP contribution in [-0.4, -0.2) is 28.5 Å². The van der Waals surface area contributed by atoms with E-state index in [4.69, 9.17) is 0 Å². The van der Waals surface area contributed by atoms with Gasteiger partial charge in [0.2, 0.25) is 0 Å². The molecule has 1 rings (SSSR count). The molecule has 0 saturated carbocycles. The van der Waals surface area contributed by atoms with Crippen LogP contribution < -0.4 is 0 Å². The van der Waals surface area contributed by atoms with Crippen molar-refractivity contribution in [3.05, 3.63) is 0 Å². The molecule has 0 N–H and O–H groups in total. The predicted octanol–water partition coefficient (Wildman–Crippen LogP) is 1.71. The Balaban J connectivity index is 2.40. The summed E-state index contributed by atoms with van der Waals surface area (Å²) in [7, 11) is 0. The molecule has 0 spiro atoms. The van der Waals surface area contributed by atoms with Crippen LogP contribution in [0.5, 0.6) is 0 Å². The molecule has 1 fully saturated rings. The Hall–Kier alpha value is -0.0200. The van der Waals surface area contributed by atoms with Gasteiger partial charge in [-0.1, -0.05) is 25.6 Å². The van der Waals surface area contributed by atoms with Crippen LogP contribution in [0, 0.1) is 0 Å². The molecule has 0 amide bonds. The van der Waals surface area contributed by atoms with Gasteiger partial charge in [-0.25, -0.2) is 0 Å². The lowest BCUT2D eigenvalue weighted by atomic mass is 10.3. The second-order valence-corrected chi connectivity index (χ2v) is 3.94. The molecule has 1 heterocycles. The molecule has 0 aromatic carbocycles. The largest absolute Gasteiger partial charge is 0.292 e. The molecule has 0 radical (unpaired) electrons. The summed E-state index contributed by atoms with van der Waals surface area (Å²) in [6.07, 6.45) is 1.82. The first-order valence-electron chi connectivity index (χ1n) is 4.21. The normalized spacial score (nSPS) is 25.0. The van der Waals surface area contributed by atoms with E-state index in [0.29, 0.717) is 10.5 Å². The predicted molar refractivity (Wildman–Crippen MR) is 48.5 cm³/mol. The number of nitrogens with zero attached hydrogens (tertiary/aromatic N) is 1. The molecule has 0 bridgehead atoms. The average molecular weight is 173 g/mol. The SMILES string of the molecule is CCN(CC)C1CCC(=O)S1. The third-order valence-corrected chi connectivity index (χ3v) is 3.36. The number of thioether (sulfide) groups is 1. The lowest BCUT2D eigenvalue weighted by molar-refractivity contribution is -0.110. The molecule has 0 aliphatic carbocycles. The van der Waals surface area contributed by atoms with Gasteiger partial charge >= 0.3 is 0 Å². The van der Waals surface area contributed by atoms with Crippen molar-refractivity contribution in [3.63, 3.8) is 0 Å². The maximum absolute atomic E-state index is 10.9. The lowest BCUT2D eigenvalue weighted by Crippen LogP contribution is -2.30. The van der Waals surface area contributed by atoms with Crippen molar-refractivity contribution < 1.29 is 4.79 Å². The lowest BCUT2D eigenvalue weighted by Gasteiger charge is -2.23. The summed E-state index contributed by atoms with van der Waals surface area (Å²) in [5, 5.41) is 0.833. The van der Waals surface area contributed by atoms with Crippen LogP contribution in [0.2, 0.25) is 0 Å². The Morgan fingerprint density at radius 2 is 2.18 bits per heavy atom. The molecule has 1 atom stereocenters. The summed E-state index contributed by atoms with van der Waals surface area (Å²) < 4.78 is 0. The van der Waals surface area contributed by atoms with E-state index in [1.165, 1.54) is 11.8 Å². The monoisotopic (exact) mass is 173 g/mol. The van der Waals surface area contributed by atoms with Gasteiger partial charge < -0.3 is 0 Å². The van der Waals surface area contributed by atoms with Crippen LogP contribution in [0.3, 0.4) is 0 Å². The number of hydrogen-bond donors (Lipinski definition) is 0. The van der Waals surface area contributed by atoms with E-state index < -0.39 is 0 Å². The molecule has 0 aromatic rings. The number of rotatable bonds is 3. The van der Waals surface area contributed by atoms with Crippen molar-refractivity contribution in [2.75, 3.05) is 13.1 Å². The fourth-order valence-electron chi connectivity index (χ4n) is 1.40.